The minimum atomic E-state index is -2.07. The van der Waals surface area contributed by atoms with E-state index in [-0.39, 0.29) is 11.1 Å². The number of esters is 1. The summed E-state index contributed by atoms with van der Waals surface area (Å²) in [5, 5.41) is 102. The monoisotopic (exact) mass is 696 g/mol. The van der Waals surface area contributed by atoms with Crippen molar-refractivity contribution in [3.05, 3.63) is 40.6 Å². The summed E-state index contributed by atoms with van der Waals surface area (Å²) in [7, 11) is 0. The van der Waals surface area contributed by atoms with E-state index in [9.17, 15) is 60.3 Å². The number of phenols is 4. The summed E-state index contributed by atoms with van der Waals surface area (Å²) in [4.78, 5) is 36.7. The number of carboxylic acids is 1. The average molecular weight is 697 g/mol. The number of hydrogen-bond donors (Lipinski definition) is 10. The van der Waals surface area contributed by atoms with Gasteiger partial charge in [-0.15, -0.1) is 0 Å². The predicted molar refractivity (Wildman–Crippen MR) is 156 cm³/mol. The van der Waals surface area contributed by atoms with Crippen LogP contribution in [0, 0.1) is 0 Å². The number of phenolic OH excluding ortho intramolecular Hbond substituents is 4. The van der Waals surface area contributed by atoms with Gasteiger partial charge in [0.1, 0.15) is 72.1 Å². The third-order valence-corrected chi connectivity index (χ3v) is 7.84. The first-order valence-corrected chi connectivity index (χ1v) is 14.5. The number of carboxylic acid groups (broad SMARTS) is 1. The summed E-state index contributed by atoms with van der Waals surface area (Å²) in [6.45, 7) is 0.477. The van der Waals surface area contributed by atoms with Gasteiger partial charge in [0.05, 0.1) is 6.10 Å². The maximum absolute atomic E-state index is 13.9. The van der Waals surface area contributed by atoms with Crippen molar-refractivity contribution in [1.82, 2.24) is 0 Å². The maximum atomic E-state index is 13.9. The van der Waals surface area contributed by atoms with Gasteiger partial charge in [0.25, 0.3) is 0 Å². The molecule has 49 heavy (non-hydrogen) atoms. The molecular weight excluding hydrogens is 664 g/mol. The van der Waals surface area contributed by atoms with Gasteiger partial charge in [-0.2, -0.15) is 0 Å². The first-order valence-electron chi connectivity index (χ1n) is 14.5. The average Bonchev–Trinajstić information content (AvgIpc) is 3.03. The van der Waals surface area contributed by atoms with E-state index >= 15 is 0 Å². The fourth-order valence-electron chi connectivity index (χ4n) is 5.26. The van der Waals surface area contributed by atoms with Crippen molar-refractivity contribution in [2.45, 2.75) is 74.8 Å². The van der Waals surface area contributed by atoms with Gasteiger partial charge >= 0.3 is 11.9 Å². The SMILES string of the molecule is CC1O[C@@H](OC2[C@H](Oc3c(-c4ccc(O)c(O)c4)oc4cc(O)cc(O)c4c3=O)OC(COC(=O)CC(=O)O)[C@@H](O)[C@@H]2O)C(O)[C@@H](O)[C@H]1O. The first kappa shape index (κ1) is 35.6. The van der Waals surface area contributed by atoms with Crippen LogP contribution < -0.4 is 10.2 Å². The van der Waals surface area contributed by atoms with Gasteiger partial charge in [0.2, 0.25) is 17.5 Å². The number of carbonyl (C=O) groups excluding carboxylic acids is 1. The number of fused-ring (bicyclic) bond motifs is 1. The Hall–Kier alpha value is -4.73. The van der Waals surface area contributed by atoms with Crippen LogP contribution in [0.1, 0.15) is 13.3 Å². The van der Waals surface area contributed by atoms with Crippen LogP contribution in [0.3, 0.4) is 0 Å². The number of aliphatic hydroxyl groups excluding tert-OH is 5. The zero-order valence-electron chi connectivity index (χ0n) is 25.2. The number of rotatable bonds is 9. The van der Waals surface area contributed by atoms with Crippen LogP contribution >= 0.6 is 0 Å². The molecule has 10 atom stereocenters. The van der Waals surface area contributed by atoms with Gasteiger partial charge in [-0.05, 0) is 25.1 Å². The molecule has 0 radical (unpaired) electrons. The Balaban J connectivity index is 1.60. The Kier molecular flexibility index (Phi) is 10.2. The molecule has 2 fully saturated rings. The van der Waals surface area contributed by atoms with Crippen LogP contribution in [0.2, 0.25) is 0 Å². The fourth-order valence-corrected chi connectivity index (χ4v) is 5.26. The molecule has 2 aliphatic heterocycles. The highest BCUT2D eigenvalue weighted by Gasteiger charge is 2.51. The lowest BCUT2D eigenvalue weighted by molar-refractivity contribution is -0.354. The van der Waals surface area contributed by atoms with E-state index in [0.717, 1.165) is 24.3 Å². The van der Waals surface area contributed by atoms with Crippen LogP contribution in [0.15, 0.2) is 39.5 Å². The van der Waals surface area contributed by atoms with Crippen molar-refractivity contribution < 1.29 is 88.8 Å². The molecule has 3 heterocycles. The van der Waals surface area contributed by atoms with Crippen LogP contribution in [0.25, 0.3) is 22.3 Å². The number of hydrogen-bond acceptors (Lipinski definition) is 18. The summed E-state index contributed by atoms with van der Waals surface area (Å²) in [6, 6.07) is 4.99. The summed E-state index contributed by atoms with van der Waals surface area (Å²) in [6.07, 6.45) is -19.0. The molecule has 19 nitrogen and oxygen atoms in total. The Bertz CT molecular complexity index is 1770. The van der Waals surface area contributed by atoms with Crippen LogP contribution in [0.4, 0.5) is 0 Å². The molecule has 0 bridgehead atoms. The zero-order chi connectivity index (χ0) is 35.9. The lowest BCUT2D eigenvalue weighted by atomic mass is 9.97. The number of ether oxygens (including phenoxy) is 5. The van der Waals surface area contributed by atoms with Gasteiger partial charge in [-0.3, -0.25) is 14.4 Å². The molecule has 266 valence electrons. The summed E-state index contributed by atoms with van der Waals surface area (Å²) >= 11 is 0. The normalized spacial score (nSPS) is 30.2. The van der Waals surface area contributed by atoms with E-state index in [1.54, 1.807) is 0 Å². The molecule has 10 N–H and O–H groups in total. The maximum Gasteiger partial charge on any atom is 0.317 e. The van der Waals surface area contributed by atoms with Crippen molar-refractivity contribution >= 4 is 22.9 Å². The lowest BCUT2D eigenvalue weighted by Crippen LogP contribution is -2.64. The molecule has 0 aliphatic carbocycles. The van der Waals surface area contributed by atoms with Crippen molar-refractivity contribution in [3.63, 3.8) is 0 Å². The molecule has 0 saturated carbocycles. The Morgan fingerprint density at radius 3 is 2.20 bits per heavy atom. The van der Waals surface area contributed by atoms with Crippen LogP contribution in [-0.2, 0) is 28.5 Å². The molecule has 4 unspecified atom stereocenters. The highest BCUT2D eigenvalue weighted by atomic mass is 16.8. The van der Waals surface area contributed by atoms with Gasteiger partial charge < -0.3 is 79.2 Å². The van der Waals surface area contributed by atoms with Crippen LogP contribution in [-0.4, -0.2) is 131 Å². The second-order valence-electron chi connectivity index (χ2n) is 11.3. The molecule has 2 saturated heterocycles. The van der Waals surface area contributed by atoms with E-state index in [1.165, 1.54) is 13.0 Å². The highest BCUT2D eigenvalue weighted by Crippen LogP contribution is 2.40. The topological polar surface area (TPSA) is 313 Å². The van der Waals surface area contributed by atoms with Crippen LogP contribution in [0.5, 0.6) is 28.7 Å². The zero-order valence-corrected chi connectivity index (χ0v) is 25.2. The van der Waals surface area contributed by atoms with E-state index in [4.69, 9.17) is 33.2 Å². The number of carbonyl (C=O) groups is 2. The van der Waals surface area contributed by atoms with Gasteiger partial charge in [0, 0.05) is 17.7 Å². The minimum absolute atomic E-state index is 0.114. The Labute approximate surface area is 273 Å². The number of aliphatic hydroxyl groups is 5. The highest BCUT2D eigenvalue weighted by molar-refractivity contribution is 5.90. The predicted octanol–water partition coefficient (Wildman–Crippen LogP) is -1.66. The second-order valence-corrected chi connectivity index (χ2v) is 11.3. The number of aromatic hydroxyl groups is 4. The summed E-state index contributed by atoms with van der Waals surface area (Å²) in [5.41, 5.74) is -1.60. The van der Waals surface area contributed by atoms with Gasteiger partial charge in [0.15, 0.2) is 29.7 Å². The minimum Gasteiger partial charge on any atom is -0.508 e. The van der Waals surface area contributed by atoms with E-state index < -0.39 is 132 Å². The van der Waals surface area contributed by atoms with E-state index in [2.05, 4.69) is 0 Å². The van der Waals surface area contributed by atoms with Gasteiger partial charge in [-0.25, -0.2) is 0 Å². The largest absolute Gasteiger partial charge is 0.508 e. The molecule has 5 rings (SSSR count). The Morgan fingerprint density at radius 1 is 0.816 bits per heavy atom. The van der Waals surface area contributed by atoms with E-state index in [1.807, 2.05) is 0 Å². The number of aliphatic carboxylic acids is 1. The molecule has 2 aromatic carbocycles. The molecule has 0 spiro atoms. The molecule has 2 aliphatic rings. The standard InChI is InChI=1S/C30H32O19/c1-9-20(38)23(41)25(43)29(45-9)49-28-24(42)21(39)16(8-44-18(37)7-17(35)36)47-30(28)48-27-22(40)19-14(34)5-11(31)6-15(19)46-26(27)10-2-3-12(32)13(33)4-10/h2-6,9,16,20-21,23-25,28-34,38-39,41-43H,7-8H2,1H3,(H,35,36)/t9?,16?,20-,21+,23-,24-,25?,28?,29-,30-/m0/s1. The van der Waals surface area contributed by atoms with Crippen molar-refractivity contribution in [3.8, 4) is 40.1 Å². The van der Waals surface area contributed by atoms with Crippen molar-refractivity contribution in [2.24, 2.45) is 0 Å². The number of benzene rings is 2. The third kappa shape index (κ3) is 7.19. The molecule has 3 aromatic rings. The summed E-state index contributed by atoms with van der Waals surface area (Å²) < 4.78 is 33.4. The van der Waals surface area contributed by atoms with Gasteiger partial charge in [-0.1, -0.05) is 0 Å². The molecule has 0 amide bonds. The molecular formula is C30H32O19. The smallest absolute Gasteiger partial charge is 0.317 e. The van der Waals surface area contributed by atoms with Crippen molar-refractivity contribution in [1.29, 1.82) is 0 Å². The van der Waals surface area contributed by atoms with Crippen molar-refractivity contribution in [2.75, 3.05) is 6.61 Å². The van der Waals surface area contributed by atoms with E-state index in [0.29, 0.717) is 0 Å². The second kappa shape index (κ2) is 14.0. The summed E-state index contributed by atoms with van der Waals surface area (Å²) in [5.74, 6) is -6.54. The quantitative estimate of drug-likeness (QED) is 0.0680. The Morgan fingerprint density at radius 2 is 1.53 bits per heavy atom. The molecule has 1 aromatic heterocycles. The third-order valence-electron chi connectivity index (χ3n) is 7.84. The molecule has 19 heteroatoms. The fraction of sp³-hybridized carbons (Fsp3) is 0.433. The lowest BCUT2D eigenvalue weighted by Gasteiger charge is -2.45. The first-order chi connectivity index (χ1) is 23.1.